The molecule has 1 saturated heterocycles. The molecular formula is C19H30N4O4. The van der Waals surface area contributed by atoms with E-state index in [0.717, 1.165) is 0 Å². The van der Waals surface area contributed by atoms with Gasteiger partial charge in [-0.2, -0.15) is 0 Å². The van der Waals surface area contributed by atoms with Gasteiger partial charge >= 0.3 is 0 Å². The molecule has 1 atom stereocenters. The van der Waals surface area contributed by atoms with Gasteiger partial charge in [0, 0.05) is 37.9 Å². The van der Waals surface area contributed by atoms with Crippen molar-refractivity contribution >= 4 is 17.5 Å². The van der Waals surface area contributed by atoms with Gasteiger partial charge in [-0.25, -0.2) is 0 Å². The highest BCUT2D eigenvalue weighted by atomic mass is 16.5. The van der Waals surface area contributed by atoms with Crippen LogP contribution in [0.3, 0.4) is 0 Å². The van der Waals surface area contributed by atoms with E-state index in [2.05, 4.69) is 15.1 Å². The third-order valence-corrected chi connectivity index (χ3v) is 5.29. The highest BCUT2D eigenvalue weighted by Gasteiger charge is 2.36. The lowest BCUT2D eigenvalue weighted by atomic mass is 10.0. The van der Waals surface area contributed by atoms with Gasteiger partial charge in [-0.05, 0) is 32.9 Å². The summed E-state index contributed by atoms with van der Waals surface area (Å²) in [7, 11) is 3.12. The molecule has 0 saturated carbocycles. The number of carbonyl (C=O) groups excluding carboxylic acids is 2. The minimum Gasteiger partial charge on any atom is -0.493 e. The summed E-state index contributed by atoms with van der Waals surface area (Å²) in [6.07, 6.45) is 0. The molecule has 8 heteroatoms. The summed E-state index contributed by atoms with van der Waals surface area (Å²) in [5, 5.41) is 2.92. The van der Waals surface area contributed by atoms with Crippen LogP contribution in [0.2, 0.25) is 0 Å². The van der Waals surface area contributed by atoms with Gasteiger partial charge in [-0.15, -0.1) is 0 Å². The number of nitrogens with two attached hydrogens (primary N) is 1. The summed E-state index contributed by atoms with van der Waals surface area (Å²) in [6.45, 7) is 8.30. The van der Waals surface area contributed by atoms with Crippen LogP contribution in [-0.4, -0.2) is 73.6 Å². The van der Waals surface area contributed by atoms with Crippen molar-refractivity contribution in [1.82, 2.24) is 9.80 Å². The van der Waals surface area contributed by atoms with Crippen molar-refractivity contribution in [2.45, 2.75) is 32.4 Å². The first-order chi connectivity index (χ1) is 12.7. The monoisotopic (exact) mass is 378 g/mol. The van der Waals surface area contributed by atoms with E-state index in [1.165, 1.54) is 0 Å². The van der Waals surface area contributed by atoms with Gasteiger partial charge in [-0.1, -0.05) is 0 Å². The van der Waals surface area contributed by atoms with Crippen molar-refractivity contribution in [3.05, 3.63) is 18.2 Å². The molecule has 1 heterocycles. The molecule has 27 heavy (non-hydrogen) atoms. The summed E-state index contributed by atoms with van der Waals surface area (Å²) >= 11 is 0. The van der Waals surface area contributed by atoms with E-state index in [9.17, 15) is 9.59 Å². The van der Waals surface area contributed by atoms with E-state index in [-0.39, 0.29) is 17.9 Å². The molecule has 1 unspecified atom stereocenters. The van der Waals surface area contributed by atoms with Crippen LogP contribution in [0.1, 0.15) is 20.8 Å². The predicted molar refractivity (Wildman–Crippen MR) is 104 cm³/mol. The summed E-state index contributed by atoms with van der Waals surface area (Å²) in [4.78, 5) is 28.4. The van der Waals surface area contributed by atoms with Gasteiger partial charge in [0.2, 0.25) is 11.8 Å². The standard InChI is InChI=1S/C19H30N4O4/c1-13(22-8-10-23(11-9-22)19(2,3)18(20)25)17(24)21-14-6-7-15(26-4)16(12-14)27-5/h6-7,12-13H,8-11H2,1-5H3,(H2,20,25)(H,21,24). The molecule has 150 valence electrons. The summed E-state index contributed by atoms with van der Waals surface area (Å²) in [5.41, 5.74) is 5.46. The number of anilines is 1. The number of hydrogen-bond donors (Lipinski definition) is 2. The molecule has 1 aromatic carbocycles. The third kappa shape index (κ3) is 4.70. The quantitative estimate of drug-likeness (QED) is 0.732. The lowest BCUT2D eigenvalue weighted by Gasteiger charge is -2.43. The zero-order valence-corrected chi connectivity index (χ0v) is 16.7. The number of carbonyl (C=O) groups is 2. The molecule has 0 bridgehead atoms. The number of piperazine rings is 1. The molecule has 1 aromatic rings. The molecule has 1 aliphatic rings. The van der Waals surface area contributed by atoms with Crippen LogP contribution in [0, 0.1) is 0 Å². The fourth-order valence-electron chi connectivity index (χ4n) is 3.15. The van der Waals surface area contributed by atoms with Crippen LogP contribution in [0.25, 0.3) is 0 Å². The van der Waals surface area contributed by atoms with E-state index in [1.54, 1.807) is 32.4 Å². The Balaban J connectivity index is 1.96. The van der Waals surface area contributed by atoms with E-state index >= 15 is 0 Å². The Morgan fingerprint density at radius 2 is 1.70 bits per heavy atom. The summed E-state index contributed by atoms with van der Waals surface area (Å²) < 4.78 is 10.5. The molecule has 1 aliphatic heterocycles. The normalized spacial score (nSPS) is 17.2. The van der Waals surface area contributed by atoms with Gasteiger partial charge < -0.3 is 20.5 Å². The maximum Gasteiger partial charge on any atom is 0.241 e. The molecular weight excluding hydrogens is 348 g/mol. The fraction of sp³-hybridized carbons (Fsp3) is 0.579. The lowest BCUT2D eigenvalue weighted by molar-refractivity contribution is -0.131. The van der Waals surface area contributed by atoms with Crippen LogP contribution in [-0.2, 0) is 9.59 Å². The smallest absolute Gasteiger partial charge is 0.241 e. The maximum absolute atomic E-state index is 12.6. The number of rotatable bonds is 7. The van der Waals surface area contributed by atoms with E-state index in [1.807, 2.05) is 20.8 Å². The van der Waals surface area contributed by atoms with Crippen LogP contribution < -0.4 is 20.5 Å². The number of methoxy groups -OCH3 is 2. The number of benzene rings is 1. The Kier molecular flexibility index (Phi) is 6.67. The molecule has 0 radical (unpaired) electrons. The van der Waals surface area contributed by atoms with Crippen LogP contribution >= 0.6 is 0 Å². The molecule has 2 rings (SSSR count). The van der Waals surface area contributed by atoms with Crippen molar-refractivity contribution in [2.75, 3.05) is 45.7 Å². The zero-order valence-electron chi connectivity index (χ0n) is 16.7. The molecule has 2 amide bonds. The summed E-state index contributed by atoms with van der Waals surface area (Å²) in [6, 6.07) is 4.97. The first-order valence-electron chi connectivity index (χ1n) is 9.02. The maximum atomic E-state index is 12.6. The van der Waals surface area contributed by atoms with Crippen LogP contribution in [0.15, 0.2) is 18.2 Å². The topological polar surface area (TPSA) is 97.1 Å². The lowest BCUT2D eigenvalue weighted by Crippen LogP contribution is -2.61. The molecule has 0 aliphatic carbocycles. The van der Waals surface area contributed by atoms with Gasteiger partial charge in [0.05, 0.1) is 25.8 Å². The second-order valence-electron chi connectivity index (χ2n) is 7.18. The van der Waals surface area contributed by atoms with Gasteiger partial charge in [-0.3, -0.25) is 19.4 Å². The number of primary amides is 1. The second-order valence-corrected chi connectivity index (χ2v) is 7.18. The van der Waals surface area contributed by atoms with Gasteiger partial charge in [0.25, 0.3) is 0 Å². The Bertz CT molecular complexity index is 684. The van der Waals surface area contributed by atoms with E-state index < -0.39 is 5.54 Å². The average Bonchev–Trinajstić information content (AvgIpc) is 2.67. The molecule has 0 spiro atoms. The molecule has 0 aromatic heterocycles. The number of hydrogen-bond acceptors (Lipinski definition) is 6. The Hall–Kier alpha value is -2.32. The highest BCUT2D eigenvalue weighted by Crippen LogP contribution is 2.30. The van der Waals surface area contributed by atoms with Gasteiger partial charge in [0.1, 0.15) is 0 Å². The SMILES string of the molecule is COc1ccc(NC(=O)C(C)N2CCN(C(C)(C)C(N)=O)CC2)cc1OC. The molecule has 3 N–H and O–H groups in total. The first kappa shape index (κ1) is 21.0. The van der Waals surface area contributed by atoms with Gasteiger partial charge in [0.15, 0.2) is 11.5 Å². The van der Waals surface area contributed by atoms with Crippen molar-refractivity contribution in [1.29, 1.82) is 0 Å². The largest absolute Gasteiger partial charge is 0.493 e. The zero-order chi connectivity index (χ0) is 20.2. The van der Waals surface area contributed by atoms with Crippen molar-refractivity contribution in [3.63, 3.8) is 0 Å². The Morgan fingerprint density at radius 3 is 2.22 bits per heavy atom. The number of nitrogens with one attached hydrogen (secondary N) is 1. The summed E-state index contributed by atoms with van der Waals surface area (Å²) in [5.74, 6) is 0.738. The average molecular weight is 378 g/mol. The Morgan fingerprint density at radius 1 is 1.11 bits per heavy atom. The Labute approximate surface area is 160 Å². The van der Waals surface area contributed by atoms with Crippen LogP contribution in [0.4, 0.5) is 5.69 Å². The minimum atomic E-state index is -0.683. The second kappa shape index (κ2) is 8.58. The predicted octanol–water partition coefficient (Wildman–Crippen LogP) is 0.912. The van der Waals surface area contributed by atoms with Crippen molar-refractivity contribution < 1.29 is 19.1 Å². The number of ether oxygens (including phenoxy) is 2. The fourth-order valence-corrected chi connectivity index (χ4v) is 3.15. The van der Waals surface area contributed by atoms with Crippen LogP contribution in [0.5, 0.6) is 11.5 Å². The minimum absolute atomic E-state index is 0.0927. The third-order valence-electron chi connectivity index (χ3n) is 5.29. The molecule has 8 nitrogen and oxygen atoms in total. The number of nitrogens with zero attached hydrogens (tertiary/aromatic N) is 2. The van der Waals surface area contributed by atoms with E-state index in [4.69, 9.17) is 15.2 Å². The van der Waals surface area contributed by atoms with Crippen molar-refractivity contribution in [3.8, 4) is 11.5 Å². The molecule has 1 fully saturated rings. The van der Waals surface area contributed by atoms with E-state index in [0.29, 0.717) is 43.4 Å². The van der Waals surface area contributed by atoms with Crippen molar-refractivity contribution in [2.24, 2.45) is 5.73 Å². The number of amides is 2. The highest BCUT2D eigenvalue weighted by molar-refractivity contribution is 5.94. The first-order valence-corrected chi connectivity index (χ1v) is 9.02.